The number of carboxylic acids is 1. The van der Waals surface area contributed by atoms with E-state index >= 15 is 0 Å². The lowest BCUT2D eigenvalue weighted by Crippen LogP contribution is -2.14. The van der Waals surface area contributed by atoms with Crippen LogP contribution in [0.3, 0.4) is 0 Å². The van der Waals surface area contributed by atoms with Crippen LogP contribution in [0.15, 0.2) is 28.8 Å². The van der Waals surface area contributed by atoms with Crippen molar-refractivity contribution < 1.29 is 28.3 Å². The Morgan fingerprint density at radius 1 is 1.21 bits per heavy atom. The summed E-state index contributed by atoms with van der Waals surface area (Å²) in [7, 11) is 0. The molecular weight excluding hydrogens is 443 g/mol. The van der Waals surface area contributed by atoms with Gasteiger partial charge in [0, 0.05) is 31.0 Å². The van der Waals surface area contributed by atoms with Crippen molar-refractivity contribution in [1.82, 2.24) is 15.1 Å². The van der Waals surface area contributed by atoms with Gasteiger partial charge in [-0.15, -0.1) is 0 Å². The molecule has 2 N–H and O–H groups in total. The van der Waals surface area contributed by atoms with Gasteiger partial charge in [-0.1, -0.05) is 11.2 Å². The summed E-state index contributed by atoms with van der Waals surface area (Å²) in [5.74, 6) is 0.0154. The molecule has 34 heavy (non-hydrogen) atoms. The van der Waals surface area contributed by atoms with Crippen molar-refractivity contribution in [1.29, 1.82) is 0 Å². The molecule has 9 nitrogen and oxygen atoms in total. The van der Waals surface area contributed by atoms with Crippen LogP contribution in [0.1, 0.15) is 53.7 Å². The Morgan fingerprint density at radius 3 is 3.00 bits per heavy atom. The van der Waals surface area contributed by atoms with Crippen molar-refractivity contribution in [3.8, 4) is 11.5 Å². The van der Waals surface area contributed by atoms with Crippen LogP contribution in [0, 0.1) is 5.82 Å². The van der Waals surface area contributed by atoms with Crippen molar-refractivity contribution in [2.24, 2.45) is 0 Å². The molecule has 1 aromatic carbocycles. The number of nitrogens with one attached hydrogen (secondary N) is 1. The average molecular weight is 468 g/mol. The van der Waals surface area contributed by atoms with Crippen LogP contribution < -0.4 is 14.8 Å². The number of ether oxygens (including phenoxy) is 2. The van der Waals surface area contributed by atoms with Crippen molar-refractivity contribution in [3.63, 3.8) is 0 Å². The highest BCUT2D eigenvalue weighted by Gasteiger charge is 2.26. The first-order valence-electron chi connectivity index (χ1n) is 11.4. The standard InChI is InChI=1S/C24H25FN4O5/c25-18-9-15(10-19-23(18)33-13-32-19)16(12-22(30)31)11-21-28-20(29-34-21)5-1-4-17-7-6-14-3-2-8-26-24(14)27-17/h6-7,9-10,16H,1-5,8,11-13H2,(H,26,27)(H,30,31). The maximum Gasteiger partial charge on any atom is 0.303 e. The monoisotopic (exact) mass is 468 g/mol. The molecule has 0 aliphatic carbocycles. The van der Waals surface area contributed by atoms with E-state index in [2.05, 4.69) is 27.6 Å². The zero-order valence-corrected chi connectivity index (χ0v) is 18.6. The van der Waals surface area contributed by atoms with Crippen LogP contribution in [0.2, 0.25) is 0 Å². The number of benzene rings is 1. The Labute approximate surface area is 195 Å². The molecule has 0 saturated heterocycles. The van der Waals surface area contributed by atoms with E-state index < -0.39 is 17.7 Å². The molecule has 0 fully saturated rings. The highest BCUT2D eigenvalue weighted by molar-refractivity contribution is 5.68. The number of carboxylic acid groups (broad SMARTS) is 1. The molecule has 1 atom stereocenters. The Hall–Kier alpha value is -3.69. The molecule has 10 heteroatoms. The molecule has 4 heterocycles. The fourth-order valence-electron chi connectivity index (χ4n) is 4.36. The minimum absolute atomic E-state index is 0.0436. The maximum absolute atomic E-state index is 14.4. The van der Waals surface area contributed by atoms with E-state index in [-0.39, 0.29) is 31.1 Å². The Bertz CT molecular complexity index is 1200. The van der Waals surface area contributed by atoms with E-state index in [0.29, 0.717) is 23.7 Å². The average Bonchev–Trinajstić information content (AvgIpc) is 3.48. The summed E-state index contributed by atoms with van der Waals surface area (Å²) in [5, 5.41) is 16.7. The van der Waals surface area contributed by atoms with Crippen LogP contribution >= 0.6 is 0 Å². The smallest absolute Gasteiger partial charge is 0.303 e. The predicted molar refractivity (Wildman–Crippen MR) is 119 cm³/mol. The molecule has 3 aromatic rings. The molecule has 0 bridgehead atoms. The van der Waals surface area contributed by atoms with Gasteiger partial charge < -0.3 is 24.4 Å². The van der Waals surface area contributed by atoms with E-state index in [1.165, 1.54) is 11.6 Å². The quantitative estimate of drug-likeness (QED) is 0.485. The number of hydrogen-bond donors (Lipinski definition) is 2. The van der Waals surface area contributed by atoms with E-state index in [4.69, 9.17) is 19.0 Å². The highest BCUT2D eigenvalue weighted by Crippen LogP contribution is 2.39. The lowest BCUT2D eigenvalue weighted by molar-refractivity contribution is -0.137. The first-order valence-corrected chi connectivity index (χ1v) is 11.4. The maximum atomic E-state index is 14.4. The zero-order valence-electron chi connectivity index (χ0n) is 18.6. The molecule has 0 amide bonds. The normalized spacial score (nSPS) is 15.0. The number of aliphatic carboxylic acids is 1. The molecular formula is C24H25FN4O5. The lowest BCUT2D eigenvalue weighted by Gasteiger charge is -2.17. The van der Waals surface area contributed by atoms with Crippen LogP contribution in [-0.2, 0) is 30.5 Å². The number of aryl methyl sites for hydroxylation is 3. The second-order valence-corrected chi connectivity index (χ2v) is 8.53. The summed E-state index contributed by atoms with van der Waals surface area (Å²) in [5.41, 5.74) is 2.76. The number of anilines is 1. The largest absolute Gasteiger partial charge is 0.481 e. The third kappa shape index (κ3) is 4.95. The number of nitrogens with zero attached hydrogens (tertiary/aromatic N) is 3. The van der Waals surface area contributed by atoms with Gasteiger partial charge >= 0.3 is 5.97 Å². The minimum Gasteiger partial charge on any atom is -0.481 e. The fraction of sp³-hybridized carbons (Fsp3) is 0.417. The van der Waals surface area contributed by atoms with Gasteiger partial charge in [-0.3, -0.25) is 4.79 Å². The topological polar surface area (TPSA) is 120 Å². The van der Waals surface area contributed by atoms with Gasteiger partial charge in [0.1, 0.15) is 5.82 Å². The molecule has 2 aromatic heterocycles. The first-order chi connectivity index (χ1) is 16.5. The Morgan fingerprint density at radius 2 is 2.12 bits per heavy atom. The van der Waals surface area contributed by atoms with Crippen LogP contribution in [-0.4, -0.2) is 39.5 Å². The van der Waals surface area contributed by atoms with Crippen LogP contribution in [0.25, 0.3) is 0 Å². The number of hydrogen-bond acceptors (Lipinski definition) is 8. The Kier molecular flexibility index (Phi) is 6.29. The van der Waals surface area contributed by atoms with Gasteiger partial charge in [-0.2, -0.15) is 4.98 Å². The number of rotatable bonds is 9. The number of pyridine rings is 1. The van der Waals surface area contributed by atoms with Gasteiger partial charge in [0.05, 0.1) is 6.42 Å². The zero-order chi connectivity index (χ0) is 23.5. The summed E-state index contributed by atoms with van der Waals surface area (Å²) >= 11 is 0. The van der Waals surface area contributed by atoms with Crippen LogP contribution in [0.5, 0.6) is 11.5 Å². The highest BCUT2D eigenvalue weighted by atomic mass is 19.1. The molecule has 1 unspecified atom stereocenters. The van der Waals surface area contributed by atoms with Gasteiger partial charge in [0.25, 0.3) is 0 Å². The third-order valence-electron chi connectivity index (χ3n) is 6.06. The number of carbonyl (C=O) groups is 1. The molecule has 178 valence electrons. The summed E-state index contributed by atoms with van der Waals surface area (Å²) in [4.78, 5) is 20.6. The van der Waals surface area contributed by atoms with E-state index in [9.17, 15) is 14.3 Å². The summed E-state index contributed by atoms with van der Waals surface area (Å²) in [6.45, 7) is 0.890. The summed E-state index contributed by atoms with van der Waals surface area (Å²) in [6.07, 6.45) is 4.35. The third-order valence-corrected chi connectivity index (χ3v) is 6.06. The minimum atomic E-state index is -1.00. The fourth-order valence-corrected chi connectivity index (χ4v) is 4.36. The van der Waals surface area contributed by atoms with Gasteiger partial charge in [-0.05, 0) is 55.0 Å². The molecule has 5 rings (SSSR count). The van der Waals surface area contributed by atoms with E-state index in [1.54, 1.807) is 6.07 Å². The lowest BCUT2D eigenvalue weighted by atomic mass is 9.92. The first kappa shape index (κ1) is 22.1. The Balaban J connectivity index is 1.21. The van der Waals surface area contributed by atoms with E-state index in [1.807, 2.05) is 0 Å². The molecule has 0 radical (unpaired) electrons. The van der Waals surface area contributed by atoms with Crippen molar-refractivity contribution in [2.45, 2.75) is 50.9 Å². The number of fused-ring (bicyclic) bond motifs is 2. The molecule has 0 saturated carbocycles. The second-order valence-electron chi connectivity index (χ2n) is 8.53. The van der Waals surface area contributed by atoms with Crippen molar-refractivity contribution in [3.05, 3.63) is 58.6 Å². The predicted octanol–water partition coefficient (Wildman–Crippen LogP) is 3.67. The van der Waals surface area contributed by atoms with Crippen molar-refractivity contribution in [2.75, 3.05) is 18.7 Å². The number of aromatic nitrogens is 3. The van der Waals surface area contributed by atoms with Gasteiger partial charge in [0.2, 0.25) is 18.4 Å². The van der Waals surface area contributed by atoms with Crippen molar-refractivity contribution >= 4 is 11.8 Å². The molecule has 0 spiro atoms. The molecule has 2 aliphatic heterocycles. The molecule has 2 aliphatic rings. The van der Waals surface area contributed by atoms with E-state index in [0.717, 1.165) is 43.7 Å². The van der Waals surface area contributed by atoms with Gasteiger partial charge in [0.15, 0.2) is 17.4 Å². The SMILES string of the molecule is O=C(O)CC(Cc1nc(CCCc2ccc3c(n2)NCCC3)no1)c1cc(F)c2c(c1)OCO2. The summed E-state index contributed by atoms with van der Waals surface area (Å²) < 4.78 is 30.1. The number of halogens is 1. The second kappa shape index (κ2) is 9.66. The summed E-state index contributed by atoms with van der Waals surface area (Å²) in [6, 6.07) is 7.09. The van der Waals surface area contributed by atoms with Crippen LogP contribution in [0.4, 0.5) is 10.2 Å². The van der Waals surface area contributed by atoms with Gasteiger partial charge in [-0.25, -0.2) is 9.37 Å².